The van der Waals surface area contributed by atoms with Crippen LogP contribution in [0.3, 0.4) is 0 Å². The first-order valence-corrected chi connectivity index (χ1v) is 8.00. The van der Waals surface area contributed by atoms with Crippen LogP contribution < -0.4 is 5.73 Å². The minimum Gasteiger partial charge on any atom is -0.330 e. The van der Waals surface area contributed by atoms with E-state index >= 15 is 0 Å². The molecule has 1 aromatic rings. The Morgan fingerprint density at radius 3 is 2.40 bits per heavy atom. The van der Waals surface area contributed by atoms with E-state index < -0.39 is 0 Å². The van der Waals surface area contributed by atoms with Gasteiger partial charge < -0.3 is 5.73 Å². The third-order valence-corrected chi connectivity index (χ3v) is 5.11. The SMILES string of the molecule is Cc1cc(C)c(CN(C)C2CCCCC2CN)cc1C. The molecule has 0 aromatic heterocycles. The van der Waals surface area contributed by atoms with Gasteiger partial charge in [0.25, 0.3) is 0 Å². The molecule has 0 heterocycles. The third kappa shape index (κ3) is 3.42. The van der Waals surface area contributed by atoms with Gasteiger partial charge in [0.1, 0.15) is 0 Å². The molecule has 1 aliphatic carbocycles. The fourth-order valence-corrected chi connectivity index (χ4v) is 3.62. The highest BCUT2D eigenvalue weighted by Crippen LogP contribution is 2.28. The summed E-state index contributed by atoms with van der Waals surface area (Å²) < 4.78 is 0. The lowest BCUT2D eigenvalue weighted by molar-refractivity contribution is 0.127. The molecule has 1 aliphatic rings. The Bertz CT molecular complexity index is 453. The molecule has 2 N–H and O–H groups in total. The number of aryl methyl sites for hydroxylation is 3. The molecule has 112 valence electrons. The molecule has 0 spiro atoms. The first-order valence-electron chi connectivity index (χ1n) is 8.00. The van der Waals surface area contributed by atoms with Crippen molar-refractivity contribution in [1.82, 2.24) is 4.90 Å². The van der Waals surface area contributed by atoms with Crippen LogP contribution in [0.2, 0.25) is 0 Å². The van der Waals surface area contributed by atoms with E-state index in [0.717, 1.165) is 13.1 Å². The molecule has 0 saturated heterocycles. The lowest BCUT2D eigenvalue weighted by Crippen LogP contribution is -2.42. The smallest absolute Gasteiger partial charge is 0.0236 e. The quantitative estimate of drug-likeness (QED) is 0.909. The van der Waals surface area contributed by atoms with Crippen molar-refractivity contribution in [2.24, 2.45) is 11.7 Å². The van der Waals surface area contributed by atoms with Gasteiger partial charge in [-0.05, 0) is 75.4 Å². The average molecular weight is 274 g/mol. The van der Waals surface area contributed by atoms with Crippen molar-refractivity contribution in [3.05, 3.63) is 34.4 Å². The largest absolute Gasteiger partial charge is 0.330 e. The topological polar surface area (TPSA) is 29.3 Å². The molecule has 2 rings (SSSR count). The Morgan fingerprint density at radius 2 is 1.70 bits per heavy atom. The second kappa shape index (κ2) is 6.73. The van der Waals surface area contributed by atoms with E-state index in [1.54, 1.807) is 0 Å². The highest BCUT2D eigenvalue weighted by molar-refractivity contribution is 5.36. The second-order valence-corrected chi connectivity index (χ2v) is 6.63. The number of benzene rings is 1. The molecule has 1 aromatic carbocycles. The molecule has 0 bridgehead atoms. The van der Waals surface area contributed by atoms with Gasteiger partial charge in [0.15, 0.2) is 0 Å². The lowest BCUT2D eigenvalue weighted by atomic mass is 9.83. The highest BCUT2D eigenvalue weighted by atomic mass is 15.1. The Labute approximate surface area is 124 Å². The summed E-state index contributed by atoms with van der Waals surface area (Å²) in [5, 5.41) is 0. The maximum atomic E-state index is 5.97. The molecular weight excluding hydrogens is 244 g/mol. The minimum absolute atomic E-state index is 0.662. The number of nitrogens with two attached hydrogens (primary N) is 1. The van der Waals surface area contributed by atoms with Crippen molar-refractivity contribution in [1.29, 1.82) is 0 Å². The Hall–Kier alpha value is -0.860. The van der Waals surface area contributed by atoms with Crippen LogP contribution in [0.25, 0.3) is 0 Å². The number of rotatable bonds is 4. The van der Waals surface area contributed by atoms with Gasteiger partial charge in [-0.25, -0.2) is 0 Å². The van der Waals surface area contributed by atoms with Gasteiger partial charge in [-0.15, -0.1) is 0 Å². The monoisotopic (exact) mass is 274 g/mol. The van der Waals surface area contributed by atoms with Crippen LogP contribution in [0.15, 0.2) is 12.1 Å². The molecule has 0 aliphatic heterocycles. The van der Waals surface area contributed by atoms with Crippen molar-refractivity contribution >= 4 is 0 Å². The van der Waals surface area contributed by atoms with E-state index in [1.165, 1.54) is 47.9 Å². The summed E-state index contributed by atoms with van der Waals surface area (Å²) >= 11 is 0. The summed E-state index contributed by atoms with van der Waals surface area (Å²) in [5.41, 5.74) is 11.7. The van der Waals surface area contributed by atoms with E-state index in [0.29, 0.717) is 12.0 Å². The van der Waals surface area contributed by atoms with Gasteiger partial charge in [0.05, 0.1) is 0 Å². The molecular formula is C18H30N2. The van der Waals surface area contributed by atoms with E-state index in [2.05, 4.69) is 44.9 Å². The molecule has 1 saturated carbocycles. The molecule has 2 unspecified atom stereocenters. The van der Waals surface area contributed by atoms with Crippen LogP contribution in [0.1, 0.15) is 47.9 Å². The molecule has 2 atom stereocenters. The normalized spacial score (nSPS) is 23.3. The maximum Gasteiger partial charge on any atom is 0.0236 e. The van der Waals surface area contributed by atoms with E-state index in [-0.39, 0.29) is 0 Å². The number of hydrogen-bond donors (Lipinski definition) is 1. The van der Waals surface area contributed by atoms with Crippen LogP contribution >= 0.6 is 0 Å². The van der Waals surface area contributed by atoms with Gasteiger partial charge in [-0.2, -0.15) is 0 Å². The summed E-state index contributed by atoms with van der Waals surface area (Å²) in [6, 6.07) is 5.34. The fourth-order valence-electron chi connectivity index (χ4n) is 3.62. The van der Waals surface area contributed by atoms with Crippen molar-refractivity contribution in [2.45, 2.75) is 59.0 Å². The molecule has 0 radical (unpaired) electrons. The van der Waals surface area contributed by atoms with Crippen LogP contribution in [0, 0.1) is 26.7 Å². The summed E-state index contributed by atoms with van der Waals surface area (Å²) in [7, 11) is 2.27. The summed E-state index contributed by atoms with van der Waals surface area (Å²) in [4.78, 5) is 2.54. The average Bonchev–Trinajstić information content (AvgIpc) is 2.44. The van der Waals surface area contributed by atoms with Gasteiger partial charge in [0, 0.05) is 12.6 Å². The Morgan fingerprint density at radius 1 is 1.05 bits per heavy atom. The van der Waals surface area contributed by atoms with Crippen LogP contribution in [-0.4, -0.2) is 24.5 Å². The first-order chi connectivity index (χ1) is 9.52. The highest BCUT2D eigenvalue weighted by Gasteiger charge is 2.27. The standard InChI is InChI=1S/C18H30N2/c1-13-9-15(3)17(10-14(13)2)12-20(4)18-8-6-5-7-16(18)11-19/h9-10,16,18H,5-8,11-12,19H2,1-4H3. The zero-order valence-corrected chi connectivity index (χ0v) is 13.6. The number of nitrogens with zero attached hydrogens (tertiary/aromatic N) is 1. The van der Waals surface area contributed by atoms with Crippen molar-refractivity contribution in [3.63, 3.8) is 0 Å². The third-order valence-electron chi connectivity index (χ3n) is 5.11. The van der Waals surface area contributed by atoms with Gasteiger partial charge in [-0.3, -0.25) is 4.90 Å². The summed E-state index contributed by atoms with van der Waals surface area (Å²) in [5.74, 6) is 0.681. The van der Waals surface area contributed by atoms with Gasteiger partial charge in [0.2, 0.25) is 0 Å². The second-order valence-electron chi connectivity index (χ2n) is 6.63. The summed E-state index contributed by atoms with van der Waals surface area (Å²) in [6.45, 7) is 8.52. The first kappa shape index (κ1) is 15.5. The molecule has 0 amide bonds. The van der Waals surface area contributed by atoms with Crippen LogP contribution in [0.5, 0.6) is 0 Å². The lowest BCUT2D eigenvalue weighted by Gasteiger charge is -2.38. The minimum atomic E-state index is 0.662. The van der Waals surface area contributed by atoms with Gasteiger partial charge in [-0.1, -0.05) is 25.0 Å². The Balaban J connectivity index is 2.10. The predicted molar refractivity (Wildman–Crippen MR) is 86.9 cm³/mol. The predicted octanol–water partition coefficient (Wildman–Crippen LogP) is 3.56. The van der Waals surface area contributed by atoms with Crippen LogP contribution in [0.4, 0.5) is 0 Å². The van der Waals surface area contributed by atoms with Crippen molar-refractivity contribution < 1.29 is 0 Å². The summed E-state index contributed by atoms with van der Waals surface area (Å²) in [6.07, 6.45) is 5.33. The van der Waals surface area contributed by atoms with Crippen molar-refractivity contribution in [2.75, 3.05) is 13.6 Å². The fraction of sp³-hybridized carbons (Fsp3) is 0.667. The molecule has 1 fully saturated rings. The molecule has 2 nitrogen and oxygen atoms in total. The van der Waals surface area contributed by atoms with E-state index in [1.807, 2.05) is 0 Å². The molecule has 2 heteroatoms. The van der Waals surface area contributed by atoms with E-state index in [9.17, 15) is 0 Å². The zero-order chi connectivity index (χ0) is 14.7. The Kier molecular flexibility index (Phi) is 5.22. The maximum absolute atomic E-state index is 5.97. The van der Waals surface area contributed by atoms with E-state index in [4.69, 9.17) is 5.73 Å². The number of hydrogen-bond acceptors (Lipinski definition) is 2. The molecule has 20 heavy (non-hydrogen) atoms. The van der Waals surface area contributed by atoms with Crippen molar-refractivity contribution in [3.8, 4) is 0 Å². The van der Waals surface area contributed by atoms with Crippen LogP contribution in [-0.2, 0) is 6.54 Å². The van der Waals surface area contributed by atoms with Gasteiger partial charge >= 0.3 is 0 Å². The zero-order valence-electron chi connectivity index (χ0n) is 13.6.